The zero-order valence-corrected chi connectivity index (χ0v) is 22.7. The molecule has 1 aliphatic heterocycles. The highest BCUT2D eigenvalue weighted by molar-refractivity contribution is 7.89. The van der Waals surface area contributed by atoms with Crippen LogP contribution in [-0.2, 0) is 17.1 Å². The number of amides is 1. The summed E-state index contributed by atoms with van der Waals surface area (Å²) in [5.41, 5.74) is 1.97. The molecule has 202 valence electrons. The summed E-state index contributed by atoms with van der Waals surface area (Å²) in [5, 5.41) is 9.81. The summed E-state index contributed by atoms with van der Waals surface area (Å²) in [4.78, 5) is 23.6. The second kappa shape index (κ2) is 11.5. The molecule has 3 aromatic rings. The highest BCUT2D eigenvalue weighted by Crippen LogP contribution is 2.28. The third kappa shape index (κ3) is 5.95. The molecule has 3 heterocycles. The van der Waals surface area contributed by atoms with Crippen molar-refractivity contribution in [2.45, 2.75) is 31.0 Å². The Balaban J connectivity index is 1.66. The Morgan fingerprint density at radius 1 is 1.21 bits per heavy atom. The van der Waals surface area contributed by atoms with Gasteiger partial charge in [-0.15, -0.1) is 0 Å². The Bertz CT molecular complexity index is 1410. The van der Waals surface area contributed by atoms with Gasteiger partial charge in [-0.2, -0.15) is 4.31 Å². The van der Waals surface area contributed by atoms with Gasteiger partial charge in [0.25, 0.3) is 15.9 Å². The molecule has 2 aromatic heterocycles. The van der Waals surface area contributed by atoms with Gasteiger partial charge in [0.15, 0.2) is 5.03 Å². The molecule has 0 saturated carbocycles. The van der Waals surface area contributed by atoms with Crippen molar-refractivity contribution in [2.75, 3.05) is 26.7 Å². The summed E-state index contributed by atoms with van der Waals surface area (Å²) < 4.78 is 35.2. The lowest BCUT2D eigenvalue weighted by Gasteiger charge is -2.37. The van der Waals surface area contributed by atoms with Crippen LogP contribution in [0.1, 0.15) is 35.3 Å². The van der Waals surface area contributed by atoms with Crippen molar-refractivity contribution in [3.05, 3.63) is 71.8 Å². The van der Waals surface area contributed by atoms with Crippen molar-refractivity contribution < 1.29 is 23.1 Å². The summed E-state index contributed by atoms with van der Waals surface area (Å²) >= 11 is 0. The SMILES string of the molecule is C[C@@H]1CN([C@@H](C)CO)C(=O)c2cc(/C=C/c3ccccc3)cnc2O[C@@H]1CN(C)S(=O)(=O)c1cn(C)cn1. The number of hydrogen-bond acceptors (Lipinski definition) is 7. The van der Waals surface area contributed by atoms with E-state index < -0.39 is 22.2 Å². The normalized spacial score (nSPS) is 19.2. The number of imidazole rings is 1. The van der Waals surface area contributed by atoms with Crippen LogP contribution in [0.4, 0.5) is 0 Å². The molecule has 0 bridgehead atoms. The highest BCUT2D eigenvalue weighted by Gasteiger charge is 2.36. The minimum atomic E-state index is -3.85. The number of aliphatic hydroxyl groups excluding tert-OH is 1. The first-order chi connectivity index (χ1) is 18.1. The number of benzene rings is 1. The molecule has 1 amide bonds. The average Bonchev–Trinajstić information content (AvgIpc) is 3.36. The second-order valence-corrected chi connectivity index (χ2v) is 11.6. The number of sulfonamides is 1. The maximum atomic E-state index is 13.6. The number of aromatic nitrogens is 3. The zero-order valence-electron chi connectivity index (χ0n) is 21.9. The predicted molar refractivity (Wildman–Crippen MR) is 144 cm³/mol. The maximum absolute atomic E-state index is 13.6. The topological polar surface area (TPSA) is 118 Å². The molecule has 0 saturated heterocycles. The van der Waals surface area contributed by atoms with E-state index in [4.69, 9.17) is 4.74 Å². The van der Waals surface area contributed by atoms with Crippen LogP contribution < -0.4 is 4.74 Å². The largest absolute Gasteiger partial charge is 0.472 e. The highest BCUT2D eigenvalue weighted by atomic mass is 32.2. The van der Waals surface area contributed by atoms with Crippen molar-refractivity contribution >= 4 is 28.1 Å². The number of hydrogen-bond donors (Lipinski definition) is 1. The van der Waals surface area contributed by atoms with Gasteiger partial charge in [0.05, 0.1) is 25.5 Å². The van der Waals surface area contributed by atoms with Gasteiger partial charge < -0.3 is 19.3 Å². The van der Waals surface area contributed by atoms with E-state index in [1.165, 1.54) is 23.9 Å². The van der Waals surface area contributed by atoms with Crippen LogP contribution in [0.3, 0.4) is 0 Å². The molecule has 0 fully saturated rings. The monoisotopic (exact) mass is 539 g/mol. The Hall–Kier alpha value is -3.54. The first-order valence-corrected chi connectivity index (χ1v) is 13.8. The van der Waals surface area contributed by atoms with Gasteiger partial charge >= 0.3 is 0 Å². The minimum Gasteiger partial charge on any atom is -0.472 e. The first-order valence-electron chi connectivity index (χ1n) is 12.4. The fourth-order valence-electron chi connectivity index (χ4n) is 4.22. The Labute approximate surface area is 223 Å². The van der Waals surface area contributed by atoms with Crippen molar-refractivity contribution in [1.29, 1.82) is 0 Å². The molecule has 11 heteroatoms. The Morgan fingerprint density at radius 3 is 2.58 bits per heavy atom. The van der Waals surface area contributed by atoms with Gasteiger partial charge in [-0.05, 0) is 24.1 Å². The lowest BCUT2D eigenvalue weighted by Crippen LogP contribution is -2.50. The Morgan fingerprint density at radius 2 is 1.92 bits per heavy atom. The number of rotatable bonds is 8. The third-order valence-corrected chi connectivity index (χ3v) is 8.31. The quantitative estimate of drug-likeness (QED) is 0.467. The smallest absolute Gasteiger partial charge is 0.261 e. The van der Waals surface area contributed by atoms with Crippen molar-refractivity contribution in [1.82, 2.24) is 23.7 Å². The summed E-state index contributed by atoms with van der Waals surface area (Å²) in [7, 11) is -0.677. The number of ether oxygens (including phenoxy) is 1. The van der Waals surface area contributed by atoms with Crippen molar-refractivity contribution in [2.24, 2.45) is 13.0 Å². The summed E-state index contributed by atoms with van der Waals surface area (Å²) in [6.45, 7) is 3.73. The molecule has 0 radical (unpaired) electrons. The van der Waals surface area contributed by atoms with Crippen LogP contribution in [0.5, 0.6) is 5.88 Å². The number of pyridine rings is 1. The van der Waals surface area contributed by atoms with E-state index in [0.29, 0.717) is 5.56 Å². The van der Waals surface area contributed by atoms with E-state index in [1.54, 1.807) is 35.7 Å². The van der Waals surface area contributed by atoms with E-state index >= 15 is 0 Å². The van der Waals surface area contributed by atoms with Crippen LogP contribution in [0.2, 0.25) is 0 Å². The minimum absolute atomic E-state index is 0.0202. The molecule has 1 aromatic carbocycles. The van der Waals surface area contributed by atoms with Crippen molar-refractivity contribution in [3.63, 3.8) is 0 Å². The summed E-state index contributed by atoms with van der Waals surface area (Å²) in [6.07, 6.45) is 7.66. The Kier molecular flexibility index (Phi) is 8.29. The average molecular weight is 540 g/mol. The van der Waals surface area contributed by atoms with Gasteiger partial charge in [0, 0.05) is 39.0 Å². The number of aliphatic hydroxyl groups is 1. The number of carbonyl (C=O) groups excluding carboxylic acids is 1. The van der Waals surface area contributed by atoms with E-state index in [0.717, 1.165) is 5.56 Å². The molecule has 1 N–H and O–H groups in total. The lowest BCUT2D eigenvalue weighted by atomic mass is 10.00. The van der Waals surface area contributed by atoms with Crippen LogP contribution >= 0.6 is 0 Å². The number of carbonyl (C=O) groups is 1. The van der Waals surface area contributed by atoms with Gasteiger partial charge in [-0.3, -0.25) is 4.79 Å². The molecule has 38 heavy (non-hydrogen) atoms. The fourth-order valence-corrected chi connectivity index (χ4v) is 5.36. The fraction of sp³-hybridized carbons (Fsp3) is 0.370. The number of likely N-dealkylation sites (N-methyl/N-ethyl adjacent to an activating group) is 1. The van der Waals surface area contributed by atoms with E-state index in [1.807, 2.05) is 49.4 Å². The van der Waals surface area contributed by atoms with Crippen LogP contribution in [0.15, 0.2) is 60.1 Å². The van der Waals surface area contributed by atoms with Gasteiger partial charge in [-0.25, -0.2) is 18.4 Å². The number of aryl methyl sites for hydroxylation is 1. The van der Waals surface area contributed by atoms with Gasteiger partial charge in [0.2, 0.25) is 5.88 Å². The lowest BCUT2D eigenvalue weighted by molar-refractivity contribution is 0.0373. The molecule has 0 spiro atoms. The van der Waals surface area contributed by atoms with Crippen LogP contribution in [-0.4, -0.2) is 82.1 Å². The van der Waals surface area contributed by atoms with Crippen molar-refractivity contribution in [3.8, 4) is 5.88 Å². The molecular weight excluding hydrogens is 506 g/mol. The van der Waals surface area contributed by atoms with Crippen LogP contribution in [0, 0.1) is 5.92 Å². The standard InChI is InChI=1S/C27H33N5O5S/c1-19-14-32(20(2)17-33)27(34)23-12-22(11-10-21-8-6-5-7-9-21)13-28-26(23)37-24(19)15-31(4)38(35,36)25-16-30(3)18-29-25/h5-13,16,18-20,24,33H,14-15,17H2,1-4H3/b11-10+/t19-,20+,24-/m1/s1. The van der Waals surface area contributed by atoms with Crippen LogP contribution in [0.25, 0.3) is 12.2 Å². The van der Waals surface area contributed by atoms with Gasteiger partial charge in [0.1, 0.15) is 11.7 Å². The second-order valence-electron chi connectivity index (χ2n) is 9.65. The molecular formula is C27H33N5O5S. The summed E-state index contributed by atoms with van der Waals surface area (Å²) in [6, 6.07) is 11.0. The van der Waals surface area contributed by atoms with E-state index in [9.17, 15) is 18.3 Å². The van der Waals surface area contributed by atoms with Gasteiger partial charge in [-0.1, -0.05) is 49.4 Å². The number of nitrogens with zero attached hydrogens (tertiary/aromatic N) is 5. The first kappa shape index (κ1) is 27.5. The summed E-state index contributed by atoms with van der Waals surface area (Å²) in [5.74, 6) is -0.437. The van der Waals surface area contributed by atoms with E-state index in [-0.39, 0.29) is 48.0 Å². The zero-order chi connectivity index (χ0) is 27.4. The maximum Gasteiger partial charge on any atom is 0.261 e. The molecule has 0 unspecified atom stereocenters. The molecule has 0 aliphatic carbocycles. The molecule has 4 rings (SSSR count). The predicted octanol–water partition coefficient (Wildman–Crippen LogP) is 2.53. The molecule has 1 aliphatic rings. The third-order valence-electron chi connectivity index (χ3n) is 6.60. The molecule has 3 atom stereocenters. The van der Waals surface area contributed by atoms with E-state index in [2.05, 4.69) is 9.97 Å². The number of fused-ring (bicyclic) bond motifs is 1. The molecule has 10 nitrogen and oxygen atoms in total.